The summed E-state index contributed by atoms with van der Waals surface area (Å²) in [5, 5.41) is 0. The van der Waals surface area contributed by atoms with Crippen molar-refractivity contribution >= 4 is 11.6 Å². The molecule has 0 aliphatic carbocycles. The second kappa shape index (κ2) is 3.91. The van der Waals surface area contributed by atoms with Gasteiger partial charge in [0.05, 0.1) is 5.88 Å². The van der Waals surface area contributed by atoms with Gasteiger partial charge in [-0.2, -0.15) is 4.39 Å². The van der Waals surface area contributed by atoms with Crippen LogP contribution in [0, 0.1) is 11.8 Å². The molecule has 0 unspecified atom stereocenters. The smallest absolute Gasteiger partial charge is 0.216 e. The van der Waals surface area contributed by atoms with Crippen LogP contribution in [0.25, 0.3) is 0 Å². The van der Waals surface area contributed by atoms with Gasteiger partial charge in [-0.1, -0.05) is 0 Å². The summed E-state index contributed by atoms with van der Waals surface area (Å²) >= 11 is 5.20. The topological polar surface area (TPSA) is 12.9 Å². The van der Waals surface area contributed by atoms with Gasteiger partial charge in [-0.05, 0) is 6.07 Å². The van der Waals surface area contributed by atoms with Crippen LogP contribution in [0.4, 0.5) is 17.6 Å². The van der Waals surface area contributed by atoms with E-state index in [0.717, 1.165) is 6.07 Å². The van der Waals surface area contributed by atoms with E-state index in [4.69, 9.17) is 11.6 Å². The van der Waals surface area contributed by atoms with E-state index in [1.807, 2.05) is 0 Å². The molecule has 1 aromatic rings. The van der Waals surface area contributed by atoms with Crippen LogP contribution < -0.4 is 0 Å². The van der Waals surface area contributed by atoms with Crippen LogP contribution in [0.2, 0.25) is 0 Å². The van der Waals surface area contributed by atoms with Gasteiger partial charge in [0, 0.05) is 5.56 Å². The zero-order chi connectivity index (χ0) is 10.0. The molecule has 1 heterocycles. The largest absolute Gasteiger partial charge is 0.280 e. The van der Waals surface area contributed by atoms with Crippen molar-refractivity contribution < 1.29 is 17.6 Å². The van der Waals surface area contributed by atoms with Crippen molar-refractivity contribution in [1.82, 2.24) is 4.98 Å². The maximum absolute atomic E-state index is 12.7. The molecule has 0 saturated heterocycles. The molecule has 0 aromatic carbocycles. The summed E-state index contributed by atoms with van der Waals surface area (Å²) in [6.07, 6.45) is -2.93. The number of hydrogen-bond acceptors (Lipinski definition) is 1. The van der Waals surface area contributed by atoms with E-state index in [0.29, 0.717) is 0 Å². The van der Waals surface area contributed by atoms with Crippen molar-refractivity contribution in [3.63, 3.8) is 0 Å². The minimum absolute atomic E-state index is 0.315. The van der Waals surface area contributed by atoms with E-state index >= 15 is 0 Å². The molecule has 1 rings (SSSR count). The molecule has 1 aromatic heterocycles. The highest BCUT2D eigenvalue weighted by Gasteiger charge is 2.16. The maximum Gasteiger partial charge on any atom is 0.280 e. The highest BCUT2D eigenvalue weighted by Crippen LogP contribution is 2.21. The average Bonchev–Trinajstić information content (AvgIpc) is 2.09. The van der Waals surface area contributed by atoms with Gasteiger partial charge in [0.15, 0.2) is 5.82 Å². The predicted molar refractivity (Wildman–Crippen MR) is 38.7 cm³/mol. The monoisotopic (exact) mass is 213 g/mol. The molecule has 0 radical (unpaired) electrons. The number of nitrogens with zero attached hydrogens (tertiary/aromatic N) is 1. The molecular weight excluding hydrogens is 210 g/mol. The van der Waals surface area contributed by atoms with Crippen molar-refractivity contribution in [3.8, 4) is 0 Å². The van der Waals surface area contributed by atoms with Crippen LogP contribution in [0.5, 0.6) is 0 Å². The Bertz CT molecular complexity index is 316. The summed E-state index contributed by atoms with van der Waals surface area (Å²) in [4.78, 5) is 2.73. The molecule has 0 fully saturated rings. The second-order valence-electron chi connectivity index (χ2n) is 2.25. The van der Waals surface area contributed by atoms with Gasteiger partial charge in [0.1, 0.15) is 5.69 Å². The molecule has 0 spiro atoms. The number of halogens is 5. The third-order valence-corrected chi connectivity index (χ3v) is 1.67. The summed E-state index contributed by atoms with van der Waals surface area (Å²) in [5.41, 5.74) is -1.13. The standard InChI is InChI=1S/C7H4ClF4N/c8-2-3-1-4(6(10)11)13-7(12)5(3)9/h1,6H,2H2. The second-order valence-corrected chi connectivity index (χ2v) is 2.51. The number of pyridine rings is 1. The van der Waals surface area contributed by atoms with Gasteiger partial charge in [-0.15, -0.1) is 11.6 Å². The van der Waals surface area contributed by atoms with E-state index < -0.39 is 23.9 Å². The maximum atomic E-state index is 12.7. The van der Waals surface area contributed by atoms with E-state index in [2.05, 4.69) is 4.98 Å². The fourth-order valence-corrected chi connectivity index (χ4v) is 0.973. The Kier molecular flexibility index (Phi) is 3.08. The van der Waals surface area contributed by atoms with Crippen LogP contribution in [0.15, 0.2) is 6.07 Å². The average molecular weight is 214 g/mol. The Labute approximate surface area is 76.3 Å². The quantitative estimate of drug-likeness (QED) is 0.418. The SMILES string of the molecule is Fc1nc(C(F)F)cc(CCl)c1F. The lowest BCUT2D eigenvalue weighted by Gasteiger charge is -2.03. The Morgan fingerprint density at radius 1 is 1.38 bits per heavy atom. The molecule has 13 heavy (non-hydrogen) atoms. The molecule has 0 amide bonds. The molecule has 0 saturated carbocycles. The zero-order valence-electron chi connectivity index (χ0n) is 6.20. The lowest BCUT2D eigenvalue weighted by atomic mass is 10.2. The molecule has 0 N–H and O–H groups in total. The molecule has 0 aliphatic rings. The van der Waals surface area contributed by atoms with Gasteiger partial charge in [0.2, 0.25) is 5.95 Å². The molecule has 0 atom stereocenters. The minimum Gasteiger partial charge on any atom is -0.216 e. The van der Waals surface area contributed by atoms with E-state index in [9.17, 15) is 17.6 Å². The summed E-state index contributed by atoms with van der Waals surface area (Å²) in [5.74, 6) is -3.20. The zero-order valence-corrected chi connectivity index (χ0v) is 6.95. The lowest BCUT2D eigenvalue weighted by molar-refractivity contribution is 0.144. The van der Waals surface area contributed by atoms with Crippen LogP contribution >= 0.6 is 11.6 Å². The van der Waals surface area contributed by atoms with E-state index in [-0.39, 0.29) is 11.4 Å². The summed E-state index contributed by atoms with van der Waals surface area (Å²) in [6.45, 7) is 0. The number of aromatic nitrogens is 1. The first-order valence-corrected chi connectivity index (χ1v) is 3.78. The predicted octanol–water partition coefficient (Wildman–Crippen LogP) is 3.04. The Morgan fingerprint density at radius 2 is 2.00 bits per heavy atom. The van der Waals surface area contributed by atoms with Crippen molar-refractivity contribution in [3.05, 3.63) is 29.1 Å². The number of hydrogen-bond donors (Lipinski definition) is 0. The fourth-order valence-electron chi connectivity index (χ4n) is 0.778. The van der Waals surface area contributed by atoms with Crippen molar-refractivity contribution in [2.24, 2.45) is 0 Å². The van der Waals surface area contributed by atoms with Crippen molar-refractivity contribution in [2.45, 2.75) is 12.3 Å². The van der Waals surface area contributed by atoms with Gasteiger partial charge in [-0.25, -0.2) is 18.2 Å². The third-order valence-electron chi connectivity index (χ3n) is 1.38. The minimum atomic E-state index is -2.93. The molecule has 72 valence electrons. The highest BCUT2D eigenvalue weighted by atomic mass is 35.5. The first-order valence-electron chi connectivity index (χ1n) is 3.25. The normalized spacial score (nSPS) is 10.9. The van der Waals surface area contributed by atoms with Gasteiger partial charge in [-0.3, -0.25) is 0 Å². The molecule has 6 heteroatoms. The highest BCUT2D eigenvalue weighted by molar-refractivity contribution is 6.17. The van der Waals surface area contributed by atoms with Crippen molar-refractivity contribution in [1.29, 1.82) is 0 Å². The van der Waals surface area contributed by atoms with Crippen molar-refractivity contribution in [2.75, 3.05) is 0 Å². The summed E-state index contributed by atoms with van der Waals surface area (Å²) in [7, 11) is 0. The Hall–Kier alpha value is -0.840. The van der Waals surface area contributed by atoms with Gasteiger partial charge in [0.25, 0.3) is 6.43 Å². The van der Waals surface area contributed by atoms with Crippen LogP contribution in [-0.2, 0) is 5.88 Å². The molecule has 1 nitrogen and oxygen atoms in total. The molecule has 0 bridgehead atoms. The van der Waals surface area contributed by atoms with E-state index in [1.165, 1.54) is 0 Å². The Morgan fingerprint density at radius 3 is 2.46 bits per heavy atom. The first kappa shape index (κ1) is 10.2. The lowest BCUT2D eigenvalue weighted by Crippen LogP contribution is -2.01. The summed E-state index contributed by atoms with van der Waals surface area (Å²) in [6, 6.07) is 0.746. The van der Waals surface area contributed by atoms with Gasteiger partial charge >= 0.3 is 0 Å². The number of alkyl halides is 3. The third kappa shape index (κ3) is 2.09. The van der Waals surface area contributed by atoms with Crippen LogP contribution in [0.3, 0.4) is 0 Å². The van der Waals surface area contributed by atoms with Gasteiger partial charge < -0.3 is 0 Å². The van der Waals surface area contributed by atoms with Crippen LogP contribution in [0.1, 0.15) is 17.7 Å². The first-order chi connectivity index (χ1) is 6.06. The molecule has 0 aliphatic heterocycles. The summed E-state index contributed by atoms with van der Waals surface area (Å²) < 4.78 is 49.2. The number of rotatable bonds is 2. The Balaban J connectivity index is 3.22. The molecular formula is C7H4ClF4N. The van der Waals surface area contributed by atoms with Crippen LogP contribution in [-0.4, -0.2) is 4.98 Å². The van der Waals surface area contributed by atoms with E-state index in [1.54, 1.807) is 0 Å². The fraction of sp³-hybridized carbons (Fsp3) is 0.286.